The van der Waals surface area contributed by atoms with Crippen molar-refractivity contribution >= 4 is 23.4 Å². The van der Waals surface area contributed by atoms with Crippen LogP contribution in [0, 0.1) is 5.82 Å². The molecule has 2 amide bonds. The smallest absolute Gasteiger partial charge is 0.416 e. The second kappa shape index (κ2) is 9.74. The van der Waals surface area contributed by atoms with Gasteiger partial charge in [-0.1, -0.05) is 29.3 Å². The van der Waals surface area contributed by atoms with Crippen LogP contribution in [-0.4, -0.2) is 47.1 Å². The Bertz CT molecular complexity index is 1210. The number of benzene rings is 2. The first kappa shape index (κ1) is 26.0. The zero-order chi connectivity index (χ0) is 26.3. The van der Waals surface area contributed by atoms with Gasteiger partial charge in [0.15, 0.2) is 6.61 Å². The maximum Gasteiger partial charge on any atom is 0.416 e. The van der Waals surface area contributed by atoms with Crippen molar-refractivity contribution in [2.45, 2.75) is 43.6 Å². The second-order valence-corrected chi connectivity index (χ2v) is 9.55. The number of halogens is 5. The summed E-state index contributed by atoms with van der Waals surface area (Å²) in [6.07, 6.45) is -4.63. The highest BCUT2D eigenvalue weighted by Crippen LogP contribution is 2.49. The Labute approximate surface area is 209 Å². The number of alkyl halides is 3. The van der Waals surface area contributed by atoms with E-state index in [-0.39, 0.29) is 35.9 Å². The molecule has 5 rings (SSSR count). The Morgan fingerprint density at radius 2 is 1.86 bits per heavy atom. The van der Waals surface area contributed by atoms with Gasteiger partial charge in [0.25, 0.3) is 11.8 Å². The average molecular weight is 527 g/mol. The van der Waals surface area contributed by atoms with Gasteiger partial charge in [-0.25, -0.2) is 4.39 Å². The molecule has 0 aliphatic heterocycles. The van der Waals surface area contributed by atoms with Crippen molar-refractivity contribution in [1.82, 2.24) is 10.2 Å². The van der Waals surface area contributed by atoms with E-state index in [1.165, 1.54) is 36.2 Å². The van der Waals surface area contributed by atoms with Crippen LogP contribution in [0.2, 0.25) is 5.02 Å². The number of aliphatic hydroxyl groups excluding tert-OH is 1. The molecule has 0 radical (unpaired) electrons. The van der Waals surface area contributed by atoms with Crippen molar-refractivity contribution in [2.24, 2.45) is 0 Å². The largest absolute Gasteiger partial charge is 0.484 e. The molecule has 11 heteroatoms. The first-order chi connectivity index (χ1) is 16.9. The number of carbonyl (C=O) groups is 2. The molecular formula is C25H23ClF4N2O4. The Morgan fingerprint density at radius 1 is 1.19 bits per heavy atom. The minimum atomic E-state index is -4.44. The van der Waals surface area contributed by atoms with E-state index in [9.17, 15) is 32.3 Å². The van der Waals surface area contributed by atoms with E-state index < -0.39 is 41.0 Å². The van der Waals surface area contributed by atoms with Crippen LogP contribution >= 0.6 is 11.6 Å². The van der Waals surface area contributed by atoms with Crippen molar-refractivity contribution < 1.29 is 37.0 Å². The topological polar surface area (TPSA) is 78.9 Å². The Balaban J connectivity index is 1.33. The maximum atomic E-state index is 13.5. The van der Waals surface area contributed by atoms with Gasteiger partial charge in [-0.3, -0.25) is 9.59 Å². The second-order valence-electron chi connectivity index (χ2n) is 9.14. The van der Waals surface area contributed by atoms with E-state index in [4.69, 9.17) is 16.3 Å². The predicted molar refractivity (Wildman–Crippen MR) is 123 cm³/mol. The summed E-state index contributed by atoms with van der Waals surface area (Å²) in [5, 5.41) is 13.4. The number of amides is 2. The molecule has 2 N–H and O–H groups in total. The Kier molecular flexibility index (Phi) is 7.03. The number of aliphatic hydroxyl groups is 1. The number of carbonyl (C=O) groups excluding carboxylic acids is 2. The number of ether oxygens (including phenoxy) is 1. The number of nitrogens with one attached hydrogen (secondary N) is 1. The molecule has 3 aliphatic rings. The summed E-state index contributed by atoms with van der Waals surface area (Å²) in [5.41, 5.74) is 0.0281. The molecule has 2 aromatic carbocycles. The molecule has 2 aromatic rings. The molecule has 3 aliphatic carbocycles. The fourth-order valence-electron chi connectivity index (χ4n) is 4.64. The minimum absolute atomic E-state index is 0.0639. The van der Waals surface area contributed by atoms with Crippen LogP contribution < -0.4 is 10.1 Å². The SMILES string of the molecule is CN(Cc1ccc(C(F)(F)F)cc1)C(=O)C1=C2CC(NC(=O)COc3ccc(Cl)c(F)c3)(C2)CC1O. The quantitative estimate of drug-likeness (QED) is 0.529. The van der Waals surface area contributed by atoms with Crippen LogP contribution in [-0.2, 0) is 22.3 Å². The van der Waals surface area contributed by atoms with Crippen molar-refractivity contribution in [3.8, 4) is 5.75 Å². The van der Waals surface area contributed by atoms with Crippen LogP contribution in [0.3, 0.4) is 0 Å². The summed E-state index contributed by atoms with van der Waals surface area (Å²) in [5.74, 6) is -1.39. The highest BCUT2D eigenvalue weighted by molar-refractivity contribution is 6.30. The predicted octanol–water partition coefficient (Wildman–Crippen LogP) is 4.25. The zero-order valence-corrected chi connectivity index (χ0v) is 19.9. The summed E-state index contributed by atoms with van der Waals surface area (Å²) in [7, 11) is 1.51. The van der Waals surface area contributed by atoms with Gasteiger partial charge in [-0.15, -0.1) is 0 Å². The highest BCUT2D eigenvalue weighted by Gasteiger charge is 2.51. The third-order valence-corrected chi connectivity index (χ3v) is 6.65. The highest BCUT2D eigenvalue weighted by atomic mass is 35.5. The van der Waals surface area contributed by atoms with E-state index >= 15 is 0 Å². The lowest BCUT2D eigenvalue weighted by Gasteiger charge is -2.51. The van der Waals surface area contributed by atoms with Gasteiger partial charge in [0, 0.05) is 31.7 Å². The fraction of sp³-hybridized carbons (Fsp3) is 0.360. The van der Waals surface area contributed by atoms with Crippen LogP contribution in [0.15, 0.2) is 53.6 Å². The first-order valence-corrected chi connectivity index (χ1v) is 11.5. The molecule has 0 heterocycles. The van der Waals surface area contributed by atoms with Crippen LogP contribution in [0.5, 0.6) is 5.75 Å². The third-order valence-electron chi connectivity index (χ3n) is 6.35. The minimum Gasteiger partial charge on any atom is -0.484 e. The van der Waals surface area contributed by atoms with Crippen LogP contribution in [0.25, 0.3) is 0 Å². The molecule has 192 valence electrons. The van der Waals surface area contributed by atoms with Gasteiger partial charge < -0.3 is 20.1 Å². The number of nitrogens with zero attached hydrogens (tertiary/aromatic N) is 1. The Hall–Kier alpha value is -3.11. The molecule has 6 nitrogen and oxygen atoms in total. The summed E-state index contributed by atoms with van der Waals surface area (Å²) >= 11 is 5.62. The molecule has 36 heavy (non-hydrogen) atoms. The lowest BCUT2D eigenvalue weighted by molar-refractivity contribution is -0.137. The summed E-state index contributed by atoms with van der Waals surface area (Å²) < 4.78 is 57.1. The van der Waals surface area contributed by atoms with E-state index in [0.717, 1.165) is 23.8 Å². The average Bonchev–Trinajstić information content (AvgIpc) is 2.78. The molecule has 1 atom stereocenters. The maximum absolute atomic E-state index is 13.5. The first-order valence-electron chi connectivity index (χ1n) is 11.1. The summed E-state index contributed by atoms with van der Waals surface area (Å²) in [6.45, 7) is -0.287. The lowest BCUT2D eigenvalue weighted by Crippen LogP contribution is -2.61. The molecule has 1 saturated carbocycles. The van der Waals surface area contributed by atoms with Crippen molar-refractivity contribution in [3.63, 3.8) is 0 Å². The third kappa shape index (κ3) is 5.49. The molecule has 1 fully saturated rings. The Morgan fingerprint density at radius 3 is 2.44 bits per heavy atom. The molecule has 0 aromatic heterocycles. The molecular weight excluding hydrogens is 504 g/mol. The van der Waals surface area contributed by atoms with Crippen molar-refractivity contribution in [1.29, 1.82) is 0 Å². The van der Waals surface area contributed by atoms with Crippen LogP contribution in [0.1, 0.15) is 30.4 Å². The normalized spacial score (nSPS) is 21.0. The van der Waals surface area contributed by atoms with Crippen molar-refractivity contribution in [2.75, 3.05) is 13.7 Å². The zero-order valence-electron chi connectivity index (χ0n) is 19.2. The number of likely N-dealkylation sites (N-methyl/N-ethyl adjacent to an activating group) is 1. The van der Waals surface area contributed by atoms with Gasteiger partial charge in [-0.2, -0.15) is 13.2 Å². The van der Waals surface area contributed by atoms with Gasteiger partial charge in [0.2, 0.25) is 0 Å². The lowest BCUT2D eigenvalue weighted by atomic mass is 9.61. The van der Waals surface area contributed by atoms with Gasteiger partial charge in [-0.05, 0) is 42.7 Å². The van der Waals surface area contributed by atoms with E-state index in [1.54, 1.807) is 0 Å². The molecule has 0 spiro atoms. The molecule has 1 unspecified atom stereocenters. The van der Waals surface area contributed by atoms with Gasteiger partial charge in [0.1, 0.15) is 11.6 Å². The number of rotatable bonds is 7. The number of hydrogen-bond acceptors (Lipinski definition) is 4. The van der Waals surface area contributed by atoms with E-state index in [0.29, 0.717) is 18.4 Å². The monoisotopic (exact) mass is 526 g/mol. The number of fused-ring (bicyclic) bond motifs is 2. The van der Waals surface area contributed by atoms with E-state index in [1.807, 2.05) is 0 Å². The van der Waals surface area contributed by atoms with E-state index in [2.05, 4.69) is 5.32 Å². The fourth-order valence-corrected chi connectivity index (χ4v) is 4.76. The standard InChI is InChI=1S/C25H23ClF4N2O4/c1-32(12-14-2-4-16(5-3-14)25(28,29)30)23(35)22-15-9-24(10-15,11-20(22)33)31-21(34)13-36-17-6-7-18(26)19(27)8-17/h2-8,20,33H,9-13H2,1H3,(H,31,34). The summed E-state index contributed by atoms with van der Waals surface area (Å²) in [4.78, 5) is 26.7. The van der Waals surface area contributed by atoms with Gasteiger partial charge in [0.05, 0.1) is 22.2 Å². The molecule has 0 saturated heterocycles. The van der Waals surface area contributed by atoms with Gasteiger partial charge >= 0.3 is 6.18 Å². The summed E-state index contributed by atoms with van der Waals surface area (Å²) in [6, 6.07) is 8.36. The van der Waals surface area contributed by atoms with Crippen LogP contribution in [0.4, 0.5) is 17.6 Å². The molecule has 2 bridgehead atoms. The number of hydrogen-bond donors (Lipinski definition) is 2. The van der Waals surface area contributed by atoms with Crippen molar-refractivity contribution in [3.05, 3.63) is 75.6 Å².